The van der Waals surface area contributed by atoms with Gasteiger partial charge in [-0.15, -0.1) is 0 Å². The number of rotatable bonds is 6. The highest BCUT2D eigenvalue weighted by molar-refractivity contribution is 5.75. The second-order valence-electron chi connectivity index (χ2n) is 5.46. The minimum Gasteiger partial charge on any atom is -0.480 e. The highest BCUT2D eigenvalue weighted by atomic mass is 16.5. The van der Waals surface area contributed by atoms with E-state index in [9.17, 15) is 14.7 Å². The van der Waals surface area contributed by atoms with Gasteiger partial charge in [-0.05, 0) is 26.3 Å². The van der Waals surface area contributed by atoms with E-state index in [2.05, 4.69) is 4.99 Å². The Balaban J connectivity index is 3.00. The Morgan fingerprint density at radius 1 is 1.35 bits per heavy atom. The molecule has 108 valence electrons. The molecule has 5 nitrogen and oxygen atoms in total. The topological polar surface area (TPSA) is 76.0 Å². The zero-order chi connectivity index (χ0) is 15.2. The van der Waals surface area contributed by atoms with Gasteiger partial charge in [0.1, 0.15) is 0 Å². The smallest absolute Gasteiger partial charge is 0.332 e. The van der Waals surface area contributed by atoms with Gasteiger partial charge in [-0.25, -0.2) is 9.59 Å². The summed E-state index contributed by atoms with van der Waals surface area (Å²) in [5.41, 5.74) is 0.389. The number of ether oxygens (including phenoxy) is 1. The van der Waals surface area contributed by atoms with Crippen LogP contribution in [0.5, 0.6) is 0 Å². The van der Waals surface area contributed by atoms with E-state index in [4.69, 9.17) is 4.74 Å². The van der Waals surface area contributed by atoms with Gasteiger partial charge < -0.3 is 9.84 Å². The van der Waals surface area contributed by atoms with Crippen molar-refractivity contribution in [3.8, 4) is 0 Å². The third kappa shape index (κ3) is 5.34. The van der Waals surface area contributed by atoms with E-state index in [0.717, 1.165) is 5.56 Å². The Kier molecular flexibility index (Phi) is 5.62. The molecule has 1 rings (SSSR count). The molecule has 0 bridgehead atoms. The van der Waals surface area contributed by atoms with Crippen LogP contribution in [0, 0.1) is 0 Å². The molecule has 0 aliphatic carbocycles. The van der Waals surface area contributed by atoms with Crippen LogP contribution in [0.2, 0.25) is 0 Å². The van der Waals surface area contributed by atoms with Gasteiger partial charge in [-0.2, -0.15) is 4.99 Å². The number of carboxylic acid groups (broad SMARTS) is 1. The van der Waals surface area contributed by atoms with E-state index in [-0.39, 0.29) is 0 Å². The number of aliphatic imine (C=N–C) groups is 1. The molecule has 0 aliphatic heterocycles. The van der Waals surface area contributed by atoms with E-state index >= 15 is 0 Å². The van der Waals surface area contributed by atoms with Crippen molar-refractivity contribution in [3.63, 3.8) is 0 Å². The SMILES string of the molecule is CC(C)(C)OC(Cc1ccccc1)[C@H](N=C=O)C(=O)O. The zero-order valence-electron chi connectivity index (χ0n) is 11.9. The Hall–Kier alpha value is -1.97. The summed E-state index contributed by atoms with van der Waals surface area (Å²) >= 11 is 0. The van der Waals surface area contributed by atoms with Crippen LogP contribution in [0.25, 0.3) is 0 Å². The van der Waals surface area contributed by atoms with Crippen LogP contribution in [0.15, 0.2) is 35.3 Å². The normalized spacial score (nSPS) is 14.2. The summed E-state index contributed by atoms with van der Waals surface area (Å²) in [6, 6.07) is 8.10. The van der Waals surface area contributed by atoms with Gasteiger partial charge in [-0.1, -0.05) is 30.3 Å². The fraction of sp³-hybridized carbons (Fsp3) is 0.467. The van der Waals surface area contributed by atoms with Crippen molar-refractivity contribution in [1.29, 1.82) is 0 Å². The van der Waals surface area contributed by atoms with Gasteiger partial charge in [0.15, 0.2) is 6.04 Å². The van der Waals surface area contributed by atoms with E-state index in [1.165, 1.54) is 6.08 Å². The van der Waals surface area contributed by atoms with Gasteiger partial charge in [0.25, 0.3) is 0 Å². The number of hydrogen-bond donors (Lipinski definition) is 1. The number of carboxylic acids is 1. The van der Waals surface area contributed by atoms with Crippen molar-refractivity contribution in [1.82, 2.24) is 0 Å². The lowest BCUT2D eigenvalue weighted by Crippen LogP contribution is -2.41. The lowest BCUT2D eigenvalue weighted by molar-refractivity contribution is -0.146. The monoisotopic (exact) mass is 277 g/mol. The minimum atomic E-state index is -1.26. The molecule has 2 atom stereocenters. The maximum absolute atomic E-state index is 11.3. The maximum Gasteiger partial charge on any atom is 0.332 e. The third-order valence-electron chi connectivity index (χ3n) is 2.58. The molecule has 1 aromatic carbocycles. The Morgan fingerprint density at radius 2 is 1.95 bits per heavy atom. The van der Waals surface area contributed by atoms with Crippen molar-refractivity contribution in [2.24, 2.45) is 4.99 Å². The largest absolute Gasteiger partial charge is 0.480 e. The minimum absolute atomic E-state index is 0.361. The Morgan fingerprint density at radius 3 is 2.40 bits per heavy atom. The molecule has 0 aliphatic rings. The van der Waals surface area contributed by atoms with Gasteiger partial charge in [-0.3, -0.25) is 0 Å². The quantitative estimate of drug-likeness (QED) is 0.639. The molecule has 0 spiro atoms. The summed E-state index contributed by atoms with van der Waals surface area (Å²) in [6.45, 7) is 5.48. The predicted molar refractivity (Wildman–Crippen MR) is 74.3 cm³/mol. The summed E-state index contributed by atoms with van der Waals surface area (Å²) < 4.78 is 5.76. The molecule has 0 amide bonds. The first kappa shape index (κ1) is 16.1. The molecule has 1 aromatic rings. The highest BCUT2D eigenvalue weighted by Crippen LogP contribution is 2.19. The first-order valence-electron chi connectivity index (χ1n) is 6.35. The predicted octanol–water partition coefficient (Wildman–Crippen LogP) is 2.20. The van der Waals surface area contributed by atoms with Crippen molar-refractivity contribution in [2.75, 3.05) is 0 Å². The molecule has 0 heterocycles. The molecule has 0 fully saturated rings. The van der Waals surface area contributed by atoms with E-state index in [1.807, 2.05) is 51.1 Å². The van der Waals surface area contributed by atoms with Crippen LogP contribution in [0.4, 0.5) is 0 Å². The van der Waals surface area contributed by atoms with E-state index < -0.39 is 23.7 Å². The molecule has 0 saturated carbocycles. The van der Waals surface area contributed by atoms with E-state index in [1.54, 1.807) is 0 Å². The number of hydrogen-bond acceptors (Lipinski definition) is 4. The van der Waals surface area contributed by atoms with E-state index in [0.29, 0.717) is 6.42 Å². The summed E-state index contributed by atoms with van der Waals surface area (Å²) in [7, 11) is 0. The number of isocyanates is 1. The molecule has 1 unspecified atom stereocenters. The number of nitrogens with zero attached hydrogens (tertiary/aromatic N) is 1. The average Bonchev–Trinajstić information content (AvgIpc) is 2.34. The Labute approximate surface area is 118 Å². The average molecular weight is 277 g/mol. The zero-order valence-corrected chi connectivity index (χ0v) is 11.9. The van der Waals surface area contributed by atoms with Gasteiger partial charge in [0, 0.05) is 6.42 Å². The number of benzene rings is 1. The molecule has 0 aromatic heterocycles. The van der Waals surface area contributed by atoms with Crippen LogP contribution in [-0.4, -0.2) is 34.9 Å². The molecule has 20 heavy (non-hydrogen) atoms. The number of carbonyl (C=O) groups is 1. The first-order chi connectivity index (χ1) is 9.33. The van der Waals surface area contributed by atoms with Crippen LogP contribution >= 0.6 is 0 Å². The summed E-state index contributed by atoms with van der Waals surface area (Å²) in [5.74, 6) is -1.20. The third-order valence-corrected chi connectivity index (χ3v) is 2.58. The lowest BCUT2D eigenvalue weighted by atomic mass is 10.0. The fourth-order valence-corrected chi connectivity index (χ4v) is 1.87. The molecule has 0 radical (unpaired) electrons. The molecule has 5 heteroatoms. The van der Waals surface area contributed by atoms with Crippen LogP contribution in [0.1, 0.15) is 26.3 Å². The lowest BCUT2D eigenvalue weighted by Gasteiger charge is -2.29. The van der Waals surface area contributed by atoms with Crippen molar-refractivity contribution < 1.29 is 19.4 Å². The Bertz CT molecular complexity index is 484. The second kappa shape index (κ2) is 6.98. The van der Waals surface area contributed by atoms with Crippen LogP contribution in [-0.2, 0) is 20.7 Å². The number of carbonyl (C=O) groups excluding carboxylic acids is 1. The van der Waals surface area contributed by atoms with Crippen molar-refractivity contribution >= 4 is 12.0 Å². The highest BCUT2D eigenvalue weighted by Gasteiger charge is 2.32. The molecule has 0 saturated heterocycles. The standard InChI is InChI=1S/C15H19NO4/c1-15(2,3)20-12(13(14(18)19)16-10-17)9-11-7-5-4-6-8-11/h4-8,12-13H,9H2,1-3H3,(H,18,19)/t12?,13-/m0/s1. The van der Waals surface area contributed by atoms with Crippen LogP contribution < -0.4 is 0 Å². The molecular formula is C15H19NO4. The van der Waals surface area contributed by atoms with Gasteiger partial charge >= 0.3 is 5.97 Å². The number of aliphatic carboxylic acids is 1. The summed E-state index contributed by atoms with van der Waals surface area (Å²) in [6.07, 6.45) is 0.951. The first-order valence-corrected chi connectivity index (χ1v) is 6.35. The molecular weight excluding hydrogens is 258 g/mol. The van der Waals surface area contributed by atoms with Crippen molar-refractivity contribution in [2.45, 2.75) is 44.9 Å². The fourth-order valence-electron chi connectivity index (χ4n) is 1.87. The maximum atomic E-state index is 11.3. The van der Waals surface area contributed by atoms with Crippen LogP contribution in [0.3, 0.4) is 0 Å². The molecule has 1 N–H and O–H groups in total. The summed E-state index contributed by atoms with van der Waals surface area (Å²) in [5, 5.41) is 9.20. The van der Waals surface area contributed by atoms with Crippen molar-refractivity contribution in [3.05, 3.63) is 35.9 Å². The van der Waals surface area contributed by atoms with Gasteiger partial charge in [0.2, 0.25) is 6.08 Å². The summed E-state index contributed by atoms with van der Waals surface area (Å²) in [4.78, 5) is 25.1. The second-order valence-corrected chi connectivity index (χ2v) is 5.46. The van der Waals surface area contributed by atoms with Gasteiger partial charge in [0.05, 0.1) is 11.7 Å².